The molecule has 1 aromatic rings. The van der Waals surface area contributed by atoms with Crippen molar-refractivity contribution in [2.24, 2.45) is 5.73 Å². The second-order valence-electron chi connectivity index (χ2n) is 4.16. The topological polar surface area (TPSA) is 74.4 Å². The average molecular weight is 348 g/mol. The lowest BCUT2D eigenvalue weighted by Gasteiger charge is -2.12. The third-order valence-electron chi connectivity index (χ3n) is 2.64. The van der Waals surface area contributed by atoms with E-state index in [9.17, 15) is 4.79 Å². The Bertz CT molecular complexity index is 446. The molecule has 0 spiro atoms. The van der Waals surface area contributed by atoms with Crippen LogP contribution in [-0.2, 0) is 4.74 Å². The summed E-state index contributed by atoms with van der Waals surface area (Å²) in [6, 6.07) is 1.63. The zero-order valence-corrected chi connectivity index (χ0v) is 11.6. The number of ether oxygens (including phenoxy) is 2. The van der Waals surface area contributed by atoms with E-state index in [4.69, 9.17) is 10.5 Å². The summed E-state index contributed by atoms with van der Waals surface area (Å²) in [6.45, 7) is 0.454. The molecule has 1 aliphatic rings. The van der Waals surface area contributed by atoms with Crippen LogP contribution in [0.3, 0.4) is 0 Å². The van der Waals surface area contributed by atoms with E-state index in [0.29, 0.717) is 21.6 Å². The minimum absolute atomic E-state index is 0.190. The first-order valence-corrected chi connectivity index (χ1v) is 6.27. The van der Waals surface area contributed by atoms with E-state index in [1.54, 1.807) is 6.07 Å². The maximum atomic E-state index is 11.3. The largest absolute Gasteiger partial charge is 0.489 e. The van der Waals surface area contributed by atoms with Crippen molar-refractivity contribution in [2.75, 3.05) is 13.7 Å². The minimum Gasteiger partial charge on any atom is -0.489 e. The van der Waals surface area contributed by atoms with Gasteiger partial charge in [0.15, 0.2) is 5.75 Å². The predicted octanol–water partition coefficient (Wildman–Crippen LogP) is 1.34. The Morgan fingerprint density at radius 1 is 1.65 bits per heavy atom. The summed E-state index contributed by atoms with van der Waals surface area (Å²) < 4.78 is 10.9. The minimum atomic E-state index is -0.423. The zero-order valence-electron chi connectivity index (χ0n) is 9.40. The average Bonchev–Trinajstić information content (AvgIpc) is 3.06. The van der Waals surface area contributed by atoms with Gasteiger partial charge in [0.25, 0.3) is 0 Å². The van der Waals surface area contributed by atoms with Gasteiger partial charge in [0.2, 0.25) is 0 Å². The van der Waals surface area contributed by atoms with Gasteiger partial charge in [0.1, 0.15) is 10.3 Å². The molecule has 2 N–H and O–H groups in total. The molecular weight excluding hydrogens is 335 g/mol. The van der Waals surface area contributed by atoms with Crippen molar-refractivity contribution < 1.29 is 14.3 Å². The quantitative estimate of drug-likeness (QED) is 0.505. The van der Waals surface area contributed by atoms with Crippen LogP contribution >= 0.6 is 22.6 Å². The molecular formula is C11H13IN2O3. The Morgan fingerprint density at radius 2 is 2.35 bits per heavy atom. The lowest BCUT2D eigenvalue weighted by atomic mass is 10.3. The molecule has 0 unspecified atom stereocenters. The molecule has 0 amide bonds. The van der Waals surface area contributed by atoms with Gasteiger partial charge in [-0.1, -0.05) is 0 Å². The van der Waals surface area contributed by atoms with Crippen LogP contribution in [0.15, 0.2) is 12.3 Å². The van der Waals surface area contributed by atoms with Gasteiger partial charge in [-0.15, -0.1) is 0 Å². The predicted molar refractivity (Wildman–Crippen MR) is 69.9 cm³/mol. The molecule has 6 heteroatoms. The van der Waals surface area contributed by atoms with Gasteiger partial charge < -0.3 is 15.2 Å². The number of methoxy groups -OCH3 is 1. The molecule has 0 saturated heterocycles. The van der Waals surface area contributed by atoms with E-state index >= 15 is 0 Å². The number of esters is 1. The van der Waals surface area contributed by atoms with E-state index in [2.05, 4.69) is 32.3 Å². The Morgan fingerprint density at radius 3 is 2.94 bits per heavy atom. The van der Waals surface area contributed by atoms with E-state index in [1.807, 2.05) is 0 Å². The molecule has 1 fully saturated rings. The standard InChI is InChI=1S/C11H13IN2O3/c1-16-10(15)7-4-8(9(12)14-5-7)17-6-11(13)2-3-11/h4-5H,2-3,6,13H2,1H3. The highest BCUT2D eigenvalue weighted by molar-refractivity contribution is 14.1. The summed E-state index contributed by atoms with van der Waals surface area (Å²) in [6.07, 6.45) is 3.43. The maximum absolute atomic E-state index is 11.3. The monoisotopic (exact) mass is 348 g/mol. The molecule has 0 bridgehead atoms. The highest BCUT2D eigenvalue weighted by atomic mass is 127. The van der Waals surface area contributed by atoms with Gasteiger partial charge in [-0.2, -0.15) is 0 Å². The summed E-state index contributed by atoms with van der Waals surface area (Å²) in [5.74, 6) is 0.151. The van der Waals surface area contributed by atoms with E-state index in [0.717, 1.165) is 12.8 Å². The molecule has 0 aliphatic heterocycles. The summed E-state index contributed by atoms with van der Waals surface area (Å²) in [4.78, 5) is 15.4. The van der Waals surface area contributed by atoms with Crippen molar-refractivity contribution in [2.45, 2.75) is 18.4 Å². The van der Waals surface area contributed by atoms with Crippen LogP contribution in [0.2, 0.25) is 0 Å². The summed E-state index contributed by atoms with van der Waals surface area (Å²) in [5, 5.41) is 0. The number of nitrogens with zero attached hydrogens (tertiary/aromatic N) is 1. The Hall–Kier alpha value is -0.890. The van der Waals surface area contributed by atoms with Gasteiger partial charge in [-0.25, -0.2) is 9.78 Å². The number of aromatic nitrogens is 1. The van der Waals surface area contributed by atoms with Crippen molar-refractivity contribution in [1.82, 2.24) is 4.98 Å². The van der Waals surface area contributed by atoms with Crippen LogP contribution in [0.5, 0.6) is 5.75 Å². The van der Waals surface area contributed by atoms with Gasteiger partial charge in [0, 0.05) is 6.20 Å². The molecule has 1 aromatic heterocycles. The lowest BCUT2D eigenvalue weighted by molar-refractivity contribution is 0.0599. The van der Waals surface area contributed by atoms with Crippen LogP contribution in [-0.4, -0.2) is 30.2 Å². The first-order valence-electron chi connectivity index (χ1n) is 5.20. The summed E-state index contributed by atoms with van der Waals surface area (Å²) in [5.41, 5.74) is 6.12. The number of carbonyl (C=O) groups excluding carboxylic acids is 1. The second-order valence-corrected chi connectivity index (χ2v) is 5.18. The molecule has 0 aromatic carbocycles. The molecule has 17 heavy (non-hydrogen) atoms. The summed E-state index contributed by atoms with van der Waals surface area (Å²) >= 11 is 2.06. The van der Waals surface area contributed by atoms with Crippen molar-refractivity contribution >= 4 is 28.6 Å². The van der Waals surface area contributed by atoms with E-state index in [-0.39, 0.29) is 5.54 Å². The lowest BCUT2D eigenvalue weighted by Crippen LogP contribution is -2.30. The number of nitrogens with two attached hydrogens (primary N) is 1. The number of hydrogen-bond acceptors (Lipinski definition) is 5. The van der Waals surface area contributed by atoms with E-state index < -0.39 is 5.97 Å². The Balaban J connectivity index is 2.11. The molecule has 5 nitrogen and oxygen atoms in total. The first kappa shape index (κ1) is 12.6. The highest BCUT2D eigenvalue weighted by Crippen LogP contribution is 2.33. The second kappa shape index (κ2) is 4.77. The maximum Gasteiger partial charge on any atom is 0.339 e. The van der Waals surface area contributed by atoms with Crippen molar-refractivity contribution in [1.29, 1.82) is 0 Å². The Kier molecular flexibility index (Phi) is 3.53. The number of rotatable bonds is 4. The van der Waals surface area contributed by atoms with Crippen LogP contribution in [0.25, 0.3) is 0 Å². The fourth-order valence-corrected chi connectivity index (χ4v) is 1.74. The number of pyridine rings is 1. The SMILES string of the molecule is COC(=O)c1cnc(I)c(OCC2(N)CC2)c1. The van der Waals surface area contributed by atoms with Crippen molar-refractivity contribution in [3.05, 3.63) is 21.5 Å². The third-order valence-corrected chi connectivity index (χ3v) is 3.45. The van der Waals surface area contributed by atoms with E-state index in [1.165, 1.54) is 13.3 Å². The number of halogens is 1. The third kappa shape index (κ3) is 3.06. The molecule has 92 valence electrons. The number of carbonyl (C=O) groups is 1. The molecule has 1 heterocycles. The van der Waals surface area contributed by atoms with Gasteiger partial charge in [-0.3, -0.25) is 0 Å². The highest BCUT2D eigenvalue weighted by Gasteiger charge is 2.39. The zero-order chi connectivity index (χ0) is 12.5. The van der Waals surface area contributed by atoms with Gasteiger partial charge in [0.05, 0.1) is 18.2 Å². The van der Waals surface area contributed by atoms with Crippen LogP contribution in [0, 0.1) is 3.70 Å². The van der Waals surface area contributed by atoms with Crippen LogP contribution < -0.4 is 10.5 Å². The van der Waals surface area contributed by atoms with Crippen molar-refractivity contribution in [3.8, 4) is 5.75 Å². The van der Waals surface area contributed by atoms with Gasteiger partial charge >= 0.3 is 5.97 Å². The molecule has 1 saturated carbocycles. The first-order chi connectivity index (χ1) is 8.04. The van der Waals surface area contributed by atoms with Crippen LogP contribution in [0.1, 0.15) is 23.2 Å². The molecule has 2 rings (SSSR count). The number of hydrogen-bond donors (Lipinski definition) is 1. The smallest absolute Gasteiger partial charge is 0.339 e. The van der Waals surface area contributed by atoms with Gasteiger partial charge in [-0.05, 0) is 41.5 Å². The normalized spacial score (nSPS) is 16.4. The molecule has 0 radical (unpaired) electrons. The van der Waals surface area contributed by atoms with Crippen molar-refractivity contribution in [3.63, 3.8) is 0 Å². The molecule has 1 aliphatic carbocycles. The molecule has 0 atom stereocenters. The Labute approximate surface area is 113 Å². The fourth-order valence-electron chi connectivity index (χ4n) is 1.28. The summed E-state index contributed by atoms with van der Waals surface area (Å²) in [7, 11) is 1.33. The van der Waals surface area contributed by atoms with Crippen LogP contribution in [0.4, 0.5) is 0 Å². The fraction of sp³-hybridized carbons (Fsp3) is 0.455.